The molecule has 0 heterocycles. The number of carboxylic acids is 1. The fourth-order valence-corrected chi connectivity index (χ4v) is 3.05. The van der Waals surface area contributed by atoms with Gasteiger partial charge in [0, 0.05) is 59.1 Å². The van der Waals surface area contributed by atoms with Gasteiger partial charge >= 0.3 is 5.97 Å². The summed E-state index contributed by atoms with van der Waals surface area (Å²) in [5.74, 6) is -1.59. The maximum atomic E-state index is 11.2. The second kappa shape index (κ2) is 10.1. The summed E-state index contributed by atoms with van der Waals surface area (Å²) in [5.41, 5.74) is 0.828. The summed E-state index contributed by atoms with van der Waals surface area (Å²) >= 11 is 0. The van der Waals surface area contributed by atoms with Crippen molar-refractivity contribution in [3.05, 3.63) is 59.7 Å². The minimum atomic E-state index is -4.28. The van der Waals surface area contributed by atoms with E-state index in [0.717, 1.165) is 0 Å². The predicted molar refractivity (Wildman–Crippen MR) is 109 cm³/mol. The molecule has 8 nitrogen and oxygen atoms in total. The molecule has 0 saturated carbocycles. The third-order valence-corrected chi connectivity index (χ3v) is 4.74. The Morgan fingerprint density at radius 1 is 0.897 bits per heavy atom. The standard InChI is InChI=1S/C18H14N2O6S.2Na/c1-10-6-14(9-16(17(10)21)18(22)23)20-19-13-4-2-12-8-15(27(24,25)26)5-3-11(12)7-13;;/h2-9,21H,1H3,(H,22,23)(H,24,25,26);;. The van der Waals surface area contributed by atoms with E-state index in [4.69, 9.17) is 9.66 Å². The van der Waals surface area contributed by atoms with Crippen LogP contribution in [0.1, 0.15) is 15.9 Å². The number of hydrogen-bond donors (Lipinski definition) is 3. The van der Waals surface area contributed by atoms with E-state index < -0.39 is 16.1 Å². The van der Waals surface area contributed by atoms with E-state index in [1.165, 1.54) is 30.3 Å². The van der Waals surface area contributed by atoms with Crippen LogP contribution in [0.25, 0.3) is 10.8 Å². The molecule has 11 heteroatoms. The van der Waals surface area contributed by atoms with Crippen molar-refractivity contribution in [2.45, 2.75) is 11.8 Å². The fourth-order valence-electron chi connectivity index (χ4n) is 2.53. The van der Waals surface area contributed by atoms with Crippen molar-refractivity contribution in [3.63, 3.8) is 0 Å². The first-order chi connectivity index (χ1) is 12.6. The van der Waals surface area contributed by atoms with Crippen molar-refractivity contribution in [1.82, 2.24) is 0 Å². The van der Waals surface area contributed by atoms with Crippen LogP contribution in [0.3, 0.4) is 0 Å². The Morgan fingerprint density at radius 2 is 1.48 bits per heavy atom. The maximum absolute atomic E-state index is 11.2. The monoisotopic (exact) mass is 432 g/mol. The second-order valence-electron chi connectivity index (χ2n) is 5.83. The number of benzene rings is 3. The summed E-state index contributed by atoms with van der Waals surface area (Å²) in [5, 5.41) is 28.2. The van der Waals surface area contributed by atoms with E-state index >= 15 is 0 Å². The van der Waals surface area contributed by atoms with Crippen molar-refractivity contribution >= 4 is 97.3 Å². The summed E-state index contributed by atoms with van der Waals surface area (Å²) in [6, 6.07) is 11.8. The number of aromatic hydroxyl groups is 1. The zero-order chi connectivity index (χ0) is 19.8. The first kappa shape index (κ1) is 25.7. The van der Waals surface area contributed by atoms with Gasteiger partial charge < -0.3 is 10.2 Å². The molecule has 3 rings (SSSR count). The smallest absolute Gasteiger partial charge is 0.339 e. The molecule has 0 aliphatic rings. The van der Waals surface area contributed by atoms with Crippen LogP contribution in [0.15, 0.2) is 63.7 Å². The van der Waals surface area contributed by atoms with Crippen molar-refractivity contribution < 1.29 is 28.0 Å². The first-order valence-corrected chi connectivity index (χ1v) is 9.09. The van der Waals surface area contributed by atoms with Gasteiger partial charge in [-0.15, -0.1) is 0 Å². The molecule has 0 bridgehead atoms. The van der Waals surface area contributed by atoms with Gasteiger partial charge in [-0.2, -0.15) is 18.6 Å². The number of carbonyl (C=O) groups is 1. The summed E-state index contributed by atoms with van der Waals surface area (Å²) in [6.45, 7) is 1.56. The zero-order valence-electron chi connectivity index (χ0n) is 16.0. The number of fused-ring (bicyclic) bond motifs is 1. The molecule has 29 heavy (non-hydrogen) atoms. The third kappa shape index (κ3) is 6.09. The fraction of sp³-hybridized carbons (Fsp3) is 0.0556. The van der Waals surface area contributed by atoms with Crippen LogP contribution in [0.4, 0.5) is 11.4 Å². The minimum absolute atomic E-state index is 0. The Morgan fingerprint density at radius 3 is 2.10 bits per heavy atom. The number of phenols is 1. The molecular weight excluding hydrogens is 418 g/mol. The SMILES string of the molecule is Cc1cc(N=Nc2ccc3cc(S(=O)(=O)O)ccc3c2)cc(C(=O)O)c1O.[Na].[Na]. The van der Waals surface area contributed by atoms with Gasteiger partial charge in [-0.05, 0) is 59.7 Å². The molecule has 3 N–H and O–H groups in total. The molecule has 0 saturated heterocycles. The Bertz CT molecular complexity index is 1210. The second-order valence-corrected chi connectivity index (χ2v) is 7.25. The van der Waals surface area contributed by atoms with Crippen molar-refractivity contribution in [3.8, 4) is 5.75 Å². The molecule has 0 atom stereocenters. The molecule has 3 aromatic carbocycles. The number of rotatable bonds is 4. The van der Waals surface area contributed by atoms with Crippen molar-refractivity contribution in [1.29, 1.82) is 0 Å². The zero-order valence-corrected chi connectivity index (χ0v) is 20.8. The molecule has 140 valence electrons. The first-order valence-electron chi connectivity index (χ1n) is 7.65. The van der Waals surface area contributed by atoms with Crippen LogP contribution < -0.4 is 0 Å². The molecule has 0 aromatic heterocycles. The summed E-state index contributed by atoms with van der Waals surface area (Å²) in [7, 11) is -4.28. The largest absolute Gasteiger partial charge is 0.507 e. The molecule has 0 aliphatic carbocycles. The Kier molecular flexibility index (Phi) is 9.00. The topological polar surface area (TPSA) is 137 Å². The van der Waals surface area contributed by atoms with E-state index in [1.807, 2.05) is 0 Å². The van der Waals surface area contributed by atoms with Gasteiger partial charge in [0.1, 0.15) is 11.3 Å². The number of carboxylic acid groups (broad SMARTS) is 1. The Hall–Kier alpha value is -1.30. The average Bonchev–Trinajstić information content (AvgIpc) is 2.60. The van der Waals surface area contributed by atoms with E-state index in [2.05, 4.69) is 10.2 Å². The molecule has 0 fully saturated rings. The maximum Gasteiger partial charge on any atom is 0.339 e. The number of azo groups is 1. The Labute approximate surface area is 211 Å². The number of hydrogen-bond acceptors (Lipinski definition) is 6. The van der Waals surface area contributed by atoms with E-state index in [0.29, 0.717) is 22.0 Å². The average molecular weight is 432 g/mol. The summed E-state index contributed by atoms with van der Waals surface area (Å²) in [4.78, 5) is 10.9. The van der Waals surface area contributed by atoms with Crippen molar-refractivity contribution in [2.24, 2.45) is 10.2 Å². The predicted octanol–water partition coefficient (Wildman–Crippen LogP) is 3.45. The van der Waals surface area contributed by atoms with Crippen LogP contribution in [0.5, 0.6) is 5.75 Å². The number of nitrogens with zero attached hydrogens (tertiary/aromatic N) is 2. The van der Waals surface area contributed by atoms with Gasteiger partial charge in [0.15, 0.2) is 0 Å². The molecule has 0 amide bonds. The molecule has 0 aliphatic heterocycles. The molecule has 0 spiro atoms. The third-order valence-electron chi connectivity index (χ3n) is 3.89. The van der Waals surface area contributed by atoms with Gasteiger partial charge in [0.25, 0.3) is 10.1 Å². The molecule has 2 radical (unpaired) electrons. The van der Waals surface area contributed by atoms with E-state index in [1.54, 1.807) is 25.1 Å². The van der Waals surface area contributed by atoms with Crippen molar-refractivity contribution in [2.75, 3.05) is 0 Å². The van der Waals surface area contributed by atoms with Gasteiger partial charge in [0.05, 0.1) is 16.3 Å². The van der Waals surface area contributed by atoms with Crippen LogP contribution in [0, 0.1) is 6.92 Å². The molecule has 0 unspecified atom stereocenters. The summed E-state index contributed by atoms with van der Waals surface area (Å²) < 4.78 is 31.5. The Balaban J connectivity index is 0.00000210. The number of aromatic carboxylic acids is 1. The van der Waals surface area contributed by atoms with Gasteiger partial charge in [-0.1, -0.05) is 12.1 Å². The van der Waals surface area contributed by atoms with Gasteiger partial charge in [-0.25, -0.2) is 4.79 Å². The molecular formula is C18H14N2Na2O6S. The van der Waals surface area contributed by atoms with Crippen LogP contribution >= 0.6 is 0 Å². The van der Waals surface area contributed by atoms with Gasteiger partial charge in [-0.3, -0.25) is 4.55 Å². The quantitative estimate of drug-likeness (QED) is 0.328. The normalized spacial score (nSPS) is 11.1. The van der Waals surface area contributed by atoms with E-state index in [9.17, 15) is 18.3 Å². The van der Waals surface area contributed by atoms with Crippen LogP contribution in [0.2, 0.25) is 0 Å². The van der Waals surface area contributed by atoms with Gasteiger partial charge in [0.2, 0.25) is 0 Å². The van der Waals surface area contributed by atoms with E-state index in [-0.39, 0.29) is 81.0 Å². The van der Waals surface area contributed by atoms with Crippen LogP contribution in [-0.4, -0.2) is 88.3 Å². The summed E-state index contributed by atoms with van der Waals surface area (Å²) in [6.07, 6.45) is 0. The molecule has 3 aromatic rings. The minimum Gasteiger partial charge on any atom is -0.507 e. The van der Waals surface area contributed by atoms with Crippen LogP contribution in [-0.2, 0) is 10.1 Å². The number of aryl methyl sites for hydroxylation is 1.